The fourth-order valence-electron chi connectivity index (χ4n) is 2.46. The van der Waals surface area contributed by atoms with E-state index in [4.69, 9.17) is 0 Å². The Labute approximate surface area is 102 Å². The van der Waals surface area contributed by atoms with Crippen LogP contribution in [0.3, 0.4) is 0 Å². The van der Waals surface area contributed by atoms with Crippen LogP contribution in [0.15, 0.2) is 11.0 Å². The van der Waals surface area contributed by atoms with Crippen molar-refractivity contribution >= 4 is 5.91 Å². The third-order valence-electron chi connectivity index (χ3n) is 3.37. The molecule has 2 aliphatic rings. The number of hydrazine groups is 1. The van der Waals surface area contributed by atoms with Crippen LogP contribution < -0.4 is 5.43 Å². The fourth-order valence-corrected chi connectivity index (χ4v) is 2.46. The Bertz CT molecular complexity index is 580. The minimum Gasteiger partial charge on any atom is -0.503 e. The molecule has 1 aromatic rings. The van der Waals surface area contributed by atoms with E-state index in [-0.39, 0.29) is 5.69 Å². The molecule has 0 aliphatic carbocycles. The molecule has 0 atom stereocenters. The van der Waals surface area contributed by atoms with Gasteiger partial charge in [0.05, 0.1) is 12.9 Å². The van der Waals surface area contributed by atoms with Gasteiger partial charge < -0.3 is 14.8 Å². The maximum Gasteiger partial charge on any atom is 0.288 e. The molecule has 7 heteroatoms. The molecular weight excluding hydrogens is 238 g/mol. The second kappa shape index (κ2) is 3.74. The van der Waals surface area contributed by atoms with E-state index >= 15 is 0 Å². The molecule has 0 bridgehead atoms. The normalized spacial score (nSPS) is 19.6. The van der Waals surface area contributed by atoms with Gasteiger partial charge in [0.2, 0.25) is 0 Å². The molecule has 0 radical (unpaired) electrons. The number of rotatable bonds is 0. The first-order valence-corrected chi connectivity index (χ1v) is 5.81. The molecule has 2 aliphatic heterocycles. The lowest BCUT2D eigenvalue weighted by Gasteiger charge is -2.42. The van der Waals surface area contributed by atoms with Crippen molar-refractivity contribution in [2.75, 3.05) is 13.1 Å². The Morgan fingerprint density at radius 2 is 1.83 bits per heavy atom. The van der Waals surface area contributed by atoms with E-state index in [0.29, 0.717) is 13.2 Å². The summed E-state index contributed by atoms with van der Waals surface area (Å²) in [4.78, 5) is 23.7. The average molecular weight is 251 g/mol. The van der Waals surface area contributed by atoms with Gasteiger partial charge in [-0.25, -0.2) is 0 Å². The molecule has 96 valence electrons. The van der Waals surface area contributed by atoms with E-state index in [1.807, 2.05) is 5.01 Å². The number of hydrogen-bond donors (Lipinski definition) is 2. The van der Waals surface area contributed by atoms with Crippen LogP contribution in [0.25, 0.3) is 0 Å². The minimum absolute atomic E-state index is 0.0454. The Morgan fingerprint density at radius 1 is 1.11 bits per heavy atom. The Hall–Kier alpha value is -2.02. The summed E-state index contributed by atoms with van der Waals surface area (Å²) in [7, 11) is 0. The molecule has 0 spiro atoms. The first kappa shape index (κ1) is 11.1. The lowest BCUT2D eigenvalue weighted by atomic mass is 10.2. The summed E-state index contributed by atoms with van der Waals surface area (Å²) in [6, 6.07) is 0. The van der Waals surface area contributed by atoms with Crippen molar-refractivity contribution in [3.8, 4) is 11.5 Å². The second-order valence-corrected chi connectivity index (χ2v) is 4.52. The highest BCUT2D eigenvalue weighted by molar-refractivity contribution is 5.95. The topological polar surface area (TPSA) is 86.0 Å². The van der Waals surface area contributed by atoms with Gasteiger partial charge in [-0.3, -0.25) is 14.6 Å². The van der Waals surface area contributed by atoms with Gasteiger partial charge in [0, 0.05) is 13.1 Å². The van der Waals surface area contributed by atoms with Gasteiger partial charge in [-0.2, -0.15) is 5.01 Å². The van der Waals surface area contributed by atoms with E-state index in [2.05, 4.69) is 0 Å². The van der Waals surface area contributed by atoms with Crippen LogP contribution in [-0.2, 0) is 6.67 Å². The number of fused-ring (bicyclic) bond motifs is 2. The van der Waals surface area contributed by atoms with E-state index in [1.165, 1.54) is 10.8 Å². The zero-order chi connectivity index (χ0) is 12.9. The number of aromatic hydroxyl groups is 2. The molecule has 1 saturated heterocycles. The van der Waals surface area contributed by atoms with Crippen LogP contribution >= 0.6 is 0 Å². The SMILES string of the molecule is O=C1c2c(O)c(=O)c(O)cn2CN2CCCCN12. The first-order valence-electron chi connectivity index (χ1n) is 5.81. The van der Waals surface area contributed by atoms with Gasteiger partial charge in [0.1, 0.15) is 0 Å². The summed E-state index contributed by atoms with van der Waals surface area (Å²) in [5.41, 5.74) is -0.948. The van der Waals surface area contributed by atoms with Crippen LogP contribution in [0.4, 0.5) is 0 Å². The van der Waals surface area contributed by atoms with Crippen LogP contribution in [0.5, 0.6) is 11.5 Å². The standard InChI is InChI=1S/C11H13N3O4/c15-7-5-12-6-13-3-1-2-4-14(13)11(18)8(12)10(17)9(7)16/h5,15,17H,1-4,6H2. The summed E-state index contributed by atoms with van der Waals surface area (Å²) in [6.07, 6.45) is 3.10. The van der Waals surface area contributed by atoms with Crippen LogP contribution in [0.2, 0.25) is 0 Å². The second-order valence-electron chi connectivity index (χ2n) is 4.52. The number of carbonyl (C=O) groups excluding carboxylic acids is 1. The van der Waals surface area contributed by atoms with Crippen molar-refractivity contribution in [3.05, 3.63) is 22.1 Å². The predicted octanol–water partition coefficient (Wildman–Crippen LogP) is -0.316. The molecule has 1 aromatic heterocycles. The lowest BCUT2D eigenvalue weighted by molar-refractivity contribution is -0.0622. The molecule has 0 aromatic carbocycles. The zero-order valence-corrected chi connectivity index (χ0v) is 9.67. The summed E-state index contributed by atoms with van der Waals surface area (Å²) >= 11 is 0. The number of hydrogen-bond acceptors (Lipinski definition) is 5. The van der Waals surface area contributed by atoms with Crippen molar-refractivity contribution in [2.24, 2.45) is 0 Å². The van der Waals surface area contributed by atoms with Gasteiger partial charge in [-0.15, -0.1) is 0 Å². The molecular formula is C11H13N3O4. The number of pyridine rings is 1. The lowest BCUT2D eigenvalue weighted by Crippen LogP contribution is -2.55. The Morgan fingerprint density at radius 3 is 2.61 bits per heavy atom. The van der Waals surface area contributed by atoms with Crippen molar-refractivity contribution in [1.29, 1.82) is 0 Å². The third kappa shape index (κ3) is 1.40. The highest BCUT2D eigenvalue weighted by Gasteiger charge is 2.35. The van der Waals surface area contributed by atoms with Gasteiger partial charge in [-0.05, 0) is 12.8 Å². The quantitative estimate of drug-likeness (QED) is 0.660. The van der Waals surface area contributed by atoms with Crippen molar-refractivity contribution in [2.45, 2.75) is 19.5 Å². The van der Waals surface area contributed by atoms with Gasteiger partial charge in [0.25, 0.3) is 11.3 Å². The van der Waals surface area contributed by atoms with Crippen LogP contribution in [0, 0.1) is 0 Å². The number of nitrogens with zero attached hydrogens (tertiary/aromatic N) is 3. The van der Waals surface area contributed by atoms with E-state index < -0.39 is 22.8 Å². The smallest absolute Gasteiger partial charge is 0.288 e. The van der Waals surface area contributed by atoms with Crippen LogP contribution in [0.1, 0.15) is 23.3 Å². The van der Waals surface area contributed by atoms with E-state index in [9.17, 15) is 19.8 Å². The monoisotopic (exact) mass is 251 g/mol. The fraction of sp³-hybridized carbons (Fsp3) is 0.455. The van der Waals surface area contributed by atoms with Gasteiger partial charge in [-0.1, -0.05) is 0 Å². The highest BCUT2D eigenvalue weighted by atomic mass is 16.3. The Kier molecular flexibility index (Phi) is 2.30. The Balaban J connectivity index is 2.16. The van der Waals surface area contributed by atoms with E-state index in [1.54, 1.807) is 5.01 Å². The largest absolute Gasteiger partial charge is 0.503 e. The first-order chi connectivity index (χ1) is 8.59. The van der Waals surface area contributed by atoms with Crippen molar-refractivity contribution in [1.82, 2.24) is 14.6 Å². The molecule has 18 heavy (non-hydrogen) atoms. The van der Waals surface area contributed by atoms with Crippen LogP contribution in [-0.4, -0.2) is 43.8 Å². The number of amides is 1. The summed E-state index contributed by atoms with van der Waals surface area (Å²) in [6.45, 7) is 1.69. The zero-order valence-electron chi connectivity index (χ0n) is 9.67. The molecule has 7 nitrogen and oxygen atoms in total. The molecule has 3 heterocycles. The summed E-state index contributed by atoms with van der Waals surface area (Å²) in [5.74, 6) is -1.62. The third-order valence-corrected chi connectivity index (χ3v) is 3.37. The van der Waals surface area contributed by atoms with Gasteiger partial charge >= 0.3 is 0 Å². The average Bonchev–Trinajstić information content (AvgIpc) is 2.36. The summed E-state index contributed by atoms with van der Waals surface area (Å²) < 4.78 is 1.41. The predicted molar refractivity (Wildman–Crippen MR) is 61.0 cm³/mol. The maximum atomic E-state index is 12.2. The minimum atomic E-state index is -0.903. The van der Waals surface area contributed by atoms with Crippen molar-refractivity contribution < 1.29 is 15.0 Å². The molecule has 2 N–H and O–H groups in total. The maximum absolute atomic E-state index is 12.2. The molecule has 0 saturated carbocycles. The van der Waals surface area contributed by atoms with Crippen molar-refractivity contribution in [3.63, 3.8) is 0 Å². The molecule has 0 unspecified atom stereocenters. The summed E-state index contributed by atoms with van der Waals surface area (Å²) in [5, 5.41) is 22.5. The molecule has 1 fully saturated rings. The number of carbonyl (C=O) groups is 1. The highest BCUT2D eigenvalue weighted by Crippen LogP contribution is 2.26. The van der Waals surface area contributed by atoms with E-state index in [0.717, 1.165) is 19.4 Å². The molecule has 3 rings (SSSR count). The van der Waals surface area contributed by atoms with Gasteiger partial charge in [0.15, 0.2) is 17.2 Å². The number of aromatic nitrogens is 1. The molecule has 1 amide bonds.